The minimum absolute atomic E-state index is 0.0958. The van der Waals surface area contributed by atoms with Crippen molar-refractivity contribution in [2.75, 3.05) is 0 Å². The van der Waals surface area contributed by atoms with Crippen LogP contribution in [-0.4, -0.2) is 11.2 Å². The van der Waals surface area contributed by atoms with Gasteiger partial charge in [0.2, 0.25) is 0 Å². The van der Waals surface area contributed by atoms with Gasteiger partial charge in [0.1, 0.15) is 0 Å². The highest BCUT2D eigenvalue weighted by Gasteiger charge is 2.04. The predicted octanol–water partition coefficient (Wildman–Crippen LogP) is 4.40. The fourth-order valence-electron chi connectivity index (χ4n) is 1.90. The van der Waals surface area contributed by atoms with Crippen molar-refractivity contribution in [3.8, 4) is 0 Å². The molecule has 0 aromatic carbocycles. The molecule has 1 aromatic heterocycles. The number of aliphatic hydroxyl groups is 1. The first-order valence-electron chi connectivity index (χ1n) is 6.52. The van der Waals surface area contributed by atoms with Gasteiger partial charge in [-0.2, -0.15) is 11.3 Å². The number of aliphatic hydroxyl groups excluding tert-OH is 1. The average Bonchev–Trinajstić information content (AvgIpc) is 2.79. The Balaban J connectivity index is 1.96. The molecule has 0 aliphatic heterocycles. The average molecular weight is 240 g/mol. The molecule has 92 valence electrons. The molecule has 2 heteroatoms. The Morgan fingerprint density at radius 3 is 2.69 bits per heavy atom. The third-order valence-electron chi connectivity index (χ3n) is 2.99. The fourth-order valence-corrected chi connectivity index (χ4v) is 2.60. The molecule has 1 heterocycles. The van der Waals surface area contributed by atoms with Crippen LogP contribution in [0.2, 0.25) is 0 Å². The zero-order valence-corrected chi connectivity index (χ0v) is 11.1. The van der Waals surface area contributed by atoms with Crippen molar-refractivity contribution >= 4 is 11.3 Å². The summed E-state index contributed by atoms with van der Waals surface area (Å²) in [4.78, 5) is 0. The maximum absolute atomic E-state index is 9.81. The summed E-state index contributed by atoms with van der Waals surface area (Å²) in [7, 11) is 0. The van der Waals surface area contributed by atoms with Crippen LogP contribution in [0.4, 0.5) is 0 Å². The standard InChI is InChI=1S/C14H24OS/c1-2-3-4-5-6-7-14(15)9-8-13-10-11-16-12-13/h10-12,14-15H,2-9H2,1H3. The Hall–Kier alpha value is -0.340. The summed E-state index contributed by atoms with van der Waals surface area (Å²) in [6.45, 7) is 2.23. The number of unbranched alkanes of at least 4 members (excludes halogenated alkanes) is 4. The van der Waals surface area contributed by atoms with Crippen LogP contribution in [-0.2, 0) is 6.42 Å². The van der Waals surface area contributed by atoms with E-state index in [1.165, 1.54) is 37.7 Å². The van der Waals surface area contributed by atoms with E-state index in [1.807, 2.05) is 0 Å². The second-order valence-corrected chi connectivity index (χ2v) is 5.31. The van der Waals surface area contributed by atoms with E-state index in [2.05, 4.69) is 23.8 Å². The van der Waals surface area contributed by atoms with Gasteiger partial charge in [0.05, 0.1) is 6.10 Å². The van der Waals surface area contributed by atoms with Gasteiger partial charge >= 0.3 is 0 Å². The molecule has 0 saturated heterocycles. The summed E-state index contributed by atoms with van der Waals surface area (Å²) in [6, 6.07) is 2.15. The molecule has 16 heavy (non-hydrogen) atoms. The maximum atomic E-state index is 9.81. The van der Waals surface area contributed by atoms with Gasteiger partial charge < -0.3 is 5.11 Å². The van der Waals surface area contributed by atoms with Crippen LogP contribution >= 0.6 is 11.3 Å². The first-order valence-corrected chi connectivity index (χ1v) is 7.46. The Morgan fingerprint density at radius 2 is 2.00 bits per heavy atom. The van der Waals surface area contributed by atoms with Crippen LogP contribution in [0.15, 0.2) is 16.8 Å². The molecule has 0 bridgehead atoms. The topological polar surface area (TPSA) is 20.2 Å². The van der Waals surface area contributed by atoms with Crippen molar-refractivity contribution in [2.45, 2.75) is 64.4 Å². The van der Waals surface area contributed by atoms with Crippen LogP contribution in [0.25, 0.3) is 0 Å². The van der Waals surface area contributed by atoms with E-state index < -0.39 is 0 Å². The summed E-state index contributed by atoms with van der Waals surface area (Å²) in [5.41, 5.74) is 1.37. The van der Waals surface area contributed by atoms with Gasteiger partial charge in [-0.05, 0) is 41.7 Å². The summed E-state index contributed by atoms with van der Waals surface area (Å²) >= 11 is 1.74. The zero-order chi connectivity index (χ0) is 11.6. The van der Waals surface area contributed by atoms with E-state index in [0.29, 0.717) is 0 Å². The zero-order valence-electron chi connectivity index (χ0n) is 10.3. The Kier molecular flexibility index (Phi) is 7.52. The molecule has 0 aliphatic rings. The fraction of sp³-hybridized carbons (Fsp3) is 0.714. The van der Waals surface area contributed by atoms with Gasteiger partial charge in [0.15, 0.2) is 0 Å². The third kappa shape index (κ3) is 6.29. The minimum Gasteiger partial charge on any atom is -0.393 e. The Bertz CT molecular complexity index is 243. The monoisotopic (exact) mass is 240 g/mol. The number of rotatable bonds is 9. The lowest BCUT2D eigenvalue weighted by Crippen LogP contribution is -2.07. The SMILES string of the molecule is CCCCCCCC(O)CCc1ccsc1. The molecule has 1 atom stereocenters. The third-order valence-corrected chi connectivity index (χ3v) is 3.72. The highest BCUT2D eigenvalue weighted by atomic mass is 32.1. The Labute approximate surface area is 104 Å². The summed E-state index contributed by atoms with van der Waals surface area (Å²) in [6.07, 6.45) is 9.26. The van der Waals surface area contributed by atoms with Gasteiger partial charge in [-0.15, -0.1) is 0 Å². The lowest BCUT2D eigenvalue weighted by Gasteiger charge is -2.09. The van der Waals surface area contributed by atoms with E-state index in [9.17, 15) is 5.11 Å². The van der Waals surface area contributed by atoms with Crippen molar-refractivity contribution in [3.05, 3.63) is 22.4 Å². The maximum Gasteiger partial charge on any atom is 0.0543 e. The molecule has 0 aliphatic carbocycles. The quantitative estimate of drug-likeness (QED) is 0.634. The van der Waals surface area contributed by atoms with E-state index in [0.717, 1.165) is 19.3 Å². The second-order valence-electron chi connectivity index (χ2n) is 4.53. The number of aryl methyl sites for hydroxylation is 1. The van der Waals surface area contributed by atoms with Gasteiger partial charge in [0.25, 0.3) is 0 Å². The van der Waals surface area contributed by atoms with Crippen LogP contribution in [0.3, 0.4) is 0 Å². The van der Waals surface area contributed by atoms with Crippen LogP contribution in [0.5, 0.6) is 0 Å². The molecule has 1 nitrogen and oxygen atoms in total. The van der Waals surface area contributed by atoms with E-state index >= 15 is 0 Å². The van der Waals surface area contributed by atoms with E-state index in [-0.39, 0.29) is 6.10 Å². The summed E-state index contributed by atoms with van der Waals surface area (Å²) in [5.74, 6) is 0. The van der Waals surface area contributed by atoms with Crippen molar-refractivity contribution < 1.29 is 5.11 Å². The van der Waals surface area contributed by atoms with E-state index in [4.69, 9.17) is 0 Å². The van der Waals surface area contributed by atoms with Gasteiger partial charge in [-0.25, -0.2) is 0 Å². The van der Waals surface area contributed by atoms with Crippen LogP contribution in [0.1, 0.15) is 57.4 Å². The number of hydrogen-bond acceptors (Lipinski definition) is 2. The molecule has 1 rings (SSSR count). The molecule has 0 spiro atoms. The van der Waals surface area contributed by atoms with Crippen molar-refractivity contribution in [1.82, 2.24) is 0 Å². The lowest BCUT2D eigenvalue weighted by atomic mass is 10.0. The molecule has 1 aromatic rings. The smallest absolute Gasteiger partial charge is 0.0543 e. The van der Waals surface area contributed by atoms with E-state index in [1.54, 1.807) is 11.3 Å². The number of hydrogen-bond donors (Lipinski definition) is 1. The molecular weight excluding hydrogens is 216 g/mol. The van der Waals surface area contributed by atoms with Gasteiger partial charge in [-0.1, -0.05) is 39.0 Å². The Morgan fingerprint density at radius 1 is 1.19 bits per heavy atom. The van der Waals surface area contributed by atoms with Crippen molar-refractivity contribution in [3.63, 3.8) is 0 Å². The normalized spacial score (nSPS) is 12.9. The lowest BCUT2D eigenvalue weighted by molar-refractivity contribution is 0.151. The first kappa shape index (κ1) is 13.7. The second kappa shape index (κ2) is 8.77. The molecule has 1 N–H and O–H groups in total. The first-order chi connectivity index (χ1) is 7.83. The molecular formula is C14H24OS. The number of thiophene rings is 1. The predicted molar refractivity (Wildman–Crippen MR) is 72.0 cm³/mol. The van der Waals surface area contributed by atoms with Crippen molar-refractivity contribution in [2.24, 2.45) is 0 Å². The summed E-state index contributed by atoms with van der Waals surface area (Å²) < 4.78 is 0. The van der Waals surface area contributed by atoms with Gasteiger partial charge in [-0.3, -0.25) is 0 Å². The van der Waals surface area contributed by atoms with Crippen LogP contribution < -0.4 is 0 Å². The van der Waals surface area contributed by atoms with Crippen molar-refractivity contribution in [1.29, 1.82) is 0 Å². The minimum atomic E-state index is -0.0958. The summed E-state index contributed by atoms with van der Waals surface area (Å²) in [5, 5.41) is 14.1. The largest absolute Gasteiger partial charge is 0.393 e. The molecule has 0 saturated carbocycles. The highest BCUT2D eigenvalue weighted by molar-refractivity contribution is 7.07. The molecule has 0 amide bonds. The molecule has 0 fully saturated rings. The highest BCUT2D eigenvalue weighted by Crippen LogP contribution is 2.13. The molecule has 1 unspecified atom stereocenters. The molecule has 0 radical (unpaired) electrons. The van der Waals surface area contributed by atoms with Gasteiger partial charge in [0, 0.05) is 0 Å². The van der Waals surface area contributed by atoms with Crippen LogP contribution in [0, 0.1) is 0 Å².